The number of sulfonamides is 1. The van der Waals surface area contributed by atoms with Crippen LogP contribution >= 0.6 is 0 Å². The maximum absolute atomic E-state index is 13.4. The van der Waals surface area contributed by atoms with Crippen molar-refractivity contribution in [1.82, 2.24) is 4.72 Å². The van der Waals surface area contributed by atoms with Crippen LogP contribution in [0.3, 0.4) is 0 Å². The molecule has 6 nitrogen and oxygen atoms in total. The predicted octanol–water partition coefficient (Wildman–Crippen LogP) is 3.81. The van der Waals surface area contributed by atoms with Crippen LogP contribution in [-0.2, 0) is 22.9 Å². The first-order valence-corrected chi connectivity index (χ1v) is 12.0. The van der Waals surface area contributed by atoms with Gasteiger partial charge >= 0.3 is 0 Å². The molecule has 166 valence electrons. The molecule has 0 unspecified atom stereocenters. The third-order valence-electron chi connectivity index (χ3n) is 5.67. The monoisotopic (exact) mass is 450 g/mol. The van der Waals surface area contributed by atoms with Gasteiger partial charge in [0.1, 0.15) is 10.6 Å². The second kappa shape index (κ2) is 9.14. The van der Waals surface area contributed by atoms with E-state index in [4.69, 9.17) is 4.74 Å². The molecular weight excluding hydrogens is 424 g/mol. The van der Waals surface area contributed by atoms with Crippen LogP contribution < -0.4 is 14.4 Å². The topological polar surface area (TPSA) is 75.7 Å². The van der Waals surface area contributed by atoms with Gasteiger partial charge in [-0.3, -0.25) is 4.79 Å². The van der Waals surface area contributed by atoms with E-state index in [-0.39, 0.29) is 29.1 Å². The maximum atomic E-state index is 13.4. The number of methoxy groups -OCH3 is 1. The Morgan fingerprint density at radius 2 is 1.78 bits per heavy atom. The van der Waals surface area contributed by atoms with Crippen molar-refractivity contribution in [1.29, 1.82) is 0 Å². The van der Waals surface area contributed by atoms with E-state index in [1.54, 1.807) is 11.0 Å². The molecule has 0 saturated heterocycles. The average Bonchev–Trinajstić information content (AvgIpc) is 3.14. The van der Waals surface area contributed by atoms with Gasteiger partial charge in [0.05, 0.1) is 7.11 Å². The molecule has 1 atom stereocenters. The van der Waals surface area contributed by atoms with Gasteiger partial charge < -0.3 is 9.64 Å². The molecule has 0 aliphatic carbocycles. The van der Waals surface area contributed by atoms with Gasteiger partial charge in [-0.2, -0.15) is 0 Å². The number of amides is 1. The molecule has 0 bridgehead atoms. The number of fused-ring (bicyclic) bond motifs is 1. The van der Waals surface area contributed by atoms with E-state index in [1.807, 2.05) is 61.5 Å². The summed E-state index contributed by atoms with van der Waals surface area (Å²) in [7, 11) is -2.46. The summed E-state index contributed by atoms with van der Waals surface area (Å²) in [6.07, 6.45) is 1.33. The van der Waals surface area contributed by atoms with E-state index in [2.05, 4.69) is 4.72 Å². The lowest BCUT2D eigenvalue weighted by Gasteiger charge is -2.23. The molecule has 1 aliphatic rings. The number of nitrogens with one attached hydrogen (secondary N) is 1. The van der Waals surface area contributed by atoms with Crippen LogP contribution in [0.5, 0.6) is 5.75 Å². The first-order valence-electron chi connectivity index (χ1n) is 10.5. The Morgan fingerprint density at radius 3 is 2.53 bits per heavy atom. The van der Waals surface area contributed by atoms with E-state index >= 15 is 0 Å². The van der Waals surface area contributed by atoms with Crippen LogP contribution in [0.15, 0.2) is 77.7 Å². The SMILES string of the molecule is COc1ccc(C(=O)N2c3ccccc3C[C@H]2C)cc1S(=O)(=O)NCCc1ccccc1. The highest BCUT2D eigenvalue weighted by molar-refractivity contribution is 7.89. The molecule has 32 heavy (non-hydrogen) atoms. The average molecular weight is 451 g/mol. The zero-order chi connectivity index (χ0) is 22.7. The van der Waals surface area contributed by atoms with E-state index in [9.17, 15) is 13.2 Å². The van der Waals surface area contributed by atoms with Crippen molar-refractivity contribution in [3.63, 3.8) is 0 Å². The highest BCUT2D eigenvalue weighted by Gasteiger charge is 2.32. The number of hydrogen-bond donors (Lipinski definition) is 1. The standard InChI is InChI=1S/C25H26N2O4S/c1-18-16-20-10-6-7-11-22(20)27(18)25(28)21-12-13-23(31-2)24(17-21)32(29,30)26-15-14-19-8-4-3-5-9-19/h3-13,17-18,26H,14-16H2,1-2H3/t18-/m1/s1. The summed E-state index contributed by atoms with van der Waals surface area (Å²) < 4.78 is 34.0. The Balaban J connectivity index is 1.59. The van der Waals surface area contributed by atoms with Gasteiger partial charge in [-0.15, -0.1) is 0 Å². The lowest BCUT2D eigenvalue weighted by Crippen LogP contribution is -2.36. The van der Waals surface area contributed by atoms with Crippen molar-refractivity contribution < 1.29 is 17.9 Å². The van der Waals surface area contributed by atoms with Gasteiger partial charge in [0.2, 0.25) is 10.0 Å². The lowest BCUT2D eigenvalue weighted by molar-refractivity contribution is 0.0981. The smallest absolute Gasteiger partial charge is 0.258 e. The van der Waals surface area contributed by atoms with Crippen LogP contribution in [0.1, 0.15) is 28.4 Å². The fourth-order valence-electron chi connectivity index (χ4n) is 4.09. The fourth-order valence-corrected chi connectivity index (χ4v) is 5.31. The molecule has 3 aromatic carbocycles. The van der Waals surface area contributed by atoms with Crippen molar-refractivity contribution in [2.75, 3.05) is 18.6 Å². The molecule has 1 N–H and O–H groups in total. The van der Waals surface area contributed by atoms with Crippen molar-refractivity contribution in [2.24, 2.45) is 0 Å². The Hall–Kier alpha value is -3.16. The lowest BCUT2D eigenvalue weighted by atomic mass is 10.1. The minimum atomic E-state index is -3.87. The number of rotatable bonds is 7. The maximum Gasteiger partial charge on any atom is 0.258 e. The van der Waals surface area contributed by atoms with Gasteiger partial charge in [0, 0.05) is 23.8 Å². The number of carbonyl (C=O) groups excluding carboxylic acids is 1. The zero-order valence-electron chi connectivity index (χ0n) is 18.1. The Labute approximate surface area is 188 Å². The molecular formula is C25H26N2O4S. The van der Waals surface area contributed by atoms with Gasteiger partial charge in [-0.05, 0) is 55.2 Å². The number of hydrogen-bond acceptors (Lipinski definition) is 4. The Kier molecular flexibility index (Phi) is 6.30. The number of nitrogens with zero attached hydrogens (tertiary/aromatic N) is 1. The highest BCUT2D eigenvalue weighted by Crippen LogP contribution is 2.34. The number of anilines is 1. The van der Waals surface area contributed by atoms with Crippen molar-refractivity contribution >= 4 is 21.6 Å². The summed E-state index contributed by atoms with van der Waals surface area (Å²) in [5, 5.41) is 0. The van der Waals surface area contributed by atoms with Crippen LogP contribution in [0.25, 0.3) is 0 Å². The number of para-hydroxylation sites is 1. The second-order valence-corrected chi connectivity index (χ2v) is 9.59. The van der Waals surface area contributed by atoms with Gasteiger partial charge in [-0.1, -0.05) is 48.5 Å². The first-order chi connectivity index (χ1) is 15.4. The van der Waals surface area contributed by atoms with Crippen LogP contribution in [0.2, 0.25) is 0 Å². The summed E-state index contributed by atoms with van der Waals surface area (Å²) in [6.45, 7) is 2.23. The molecule has 0 saturated carbocycles. The van der Waals surface area contributed by atoms with Crippen molar-refractivity contribution in [3.05, 3.63) is 89.5 Å². The predicted molar refractivity (Wildman–Crippen MR) is 125 cm³/mol. The largest absolute Gasteiger partial charge is 0.495 e. The Bertz CT molecular complexity index is 1230. The minimum Gasteiger partial charge on any atom is -0.495 e. The molecule has 1 aliphatic heterocycles. The summed E-state index contributed by atoms with van der Waals surface area (Å²) in [5.41, 5.74) is 3.31. The molecule has 7 heteroatoms. The second-order valence-electron chi connectivity index (χ2n) is 7.86. The summed E-state index contributed by atoms with van der Waals surface area (Å²) in [5.74, 6) is -0.0329. The van der Waals surface area contributed by atoms with Crippen LogP contribution in [0.4, 0.5) is 5.69 Å². The van der Waals surface area contributed by atoms with E-state index < -0.39 is 10.0 Å². The molecule has 0 spiro atoms. The molecule has 0 fully saturated rings. The molecule has 3 aromatic rings. The quantitative estimate of drug-likeness (QED) is 0.594. The summed E-state index contributed by atoms with van der Waals surface area (Å²) >= 11 is 0. The van der Waals surface area contributed by atoms with E-state index in [1.165, 1.54) is 19.2 Å². The summed E-state index contributed by atoms with van der Waals surface area (Å²) in [6, 6.07) is 22.0. The number of benzene rings is 3. The molecule has 0 radical (unpaired) electrons. The van der Waals surface area contributed by atoms with Crippen molar-refractivity contribution in [3.8, 4) is 5.75 Å². The van der Waals surface area contributed by atoms with E-state index in [0.717, 1.165) is 23.2 Å². The Morgan fingerprint density at radius 1 is 1.06 bits per heavy atom. The molecule has 0 aromatic heterocycles. The minimum absolute atomic E-state index is 0.00828. The highest BCUT2D eigenvalue weighted by atomic mass is 32.2. The van der Waals surface area contributed by atoms with Crippen LogP contribution in [0, 0.1) is 0 Å². The summed E-state index contributed by atoms with van der Waals surface area (Å²) in [4.78, 5) is 15.1. The van der Waals surface area contributed by atoms with Crippen molar-refractivity contribution in [2.45, 2.75) is 30.7 Å². The first kappa shape index (κ1) is 22.0. The van der Waals surface area contributed by atoms with Gasteiger partial charge in [0.25, 0.3) is 5.91 Å². The molecule has 4 rings (SSSR count). The van der Waals surface area contributed by atoms with Gasteiger partial charge in [0.15, 0.2) is 0 Å². The van der Waals surface area contributed by atoms with Crippen LogP contribution in [-0.4, -0.2) is 34.0 Å². The molecule has 1 heterocycles. The molecule has 1 amide bonds. The fraction of sp³-hybridized carbons (Fsp3) is 0.240. The normalized spacial score (nSPS) is 15.4. The third-order valence-corrected chi connectivity index (χ3v) is 7.16. The third kappa shape index (κ3) is 4.40. The number of ether oxygens (including phenoxy) is 1. The number of carbonyl (C=O) groups is 1. The van der Waals surface area contributed by atoms with Gasteiger partial charge in [-0.25, -0.2) is 13.1 Å². The van der Waals surface area contributed by atoms with E-state index in [0.29, 0.717) is 12.0 Å². The zero-order valence-corrected chi connectivity index (χ0v) is 18.9.